The summed E-state index contributed by atoms with van der Waals surface area (Å²) in [5.41, 5.74) is 0. The normalized spacial score (nSPS) is 13.3. The zero-order valence-corrected chi connectivity index (χ0v) is 61.1. The lowest BCUT2D eigenvalue weighted by molar-refractivity contribution is -0.870. The summed E-state index contributed by atoms with van der Waals surface area (Å²) in [7, 11) is 5.98. The third-order valence-corrected chi connectivity index (χ3v) is 16.7. The van der Waals surface area contributed by atoms with E-state index in [0.29, 0.717) is 23.9 Å². The van der Waals surface area contributed by atoms with E-state index in [1.165, 1.54) is 199 Å². The number of carbonyl (C=O) groups is 3. The van der Waals surface area contributed by atoms with Crippen molar-refractivity contribution in [2.24, 2.45) is 0 Å². The van der Waals surface area contributed by atoms with Crippen molar-refractivity contribution in [1.29, 1.82) is 0 Å². The summed E-state index contributed by atoms with van der Waals surface area (Å²) in [5, 5.41) is 9.77. The van der Waals surface area contributed by atoms with Crippen molar-refractivity contribution in [3.8, 4) is 0 Å². The molecule has 0 aliphatic rings. The largest absolute Gasteiger partial charge is 0.477 e. The molecule has 9 nitrogen and oxygen atoms in total. The zero-order valence-electron chi connectivity index (χ0n) is 61.1. The number of hydrogen-bond donors (Lipinski definition) is 1. The highest BCUT2D eigenvalue weighted by atomic mass is 16.7. The lowest BCUT2D eigenvalue weighted by atomic mass is 10.0. The number of allylic oxidation sites excluding steroid dienone is 20. The molecule has 0 fully saturated rings. The van der Waals surface area contributed by atoms with Gasteiger partial charge >= 0.3 is 17.9 Å². The molecule has 0 aliphatic heterocycles. The number of quaternary nitrogens is 1. The maximum atomic E-state index is 13.0. The van der Waals surface area contributed by atoms with Gasteiger partial charge in [-0.1, -0.05) is 334 Å². The fourth-order valence-electron chi connectivity index (χ4n) is 10.8. The molecule has 1 N–H and O–H groups in total. The highest BCUT2D eigenvalue weighted by Crippen LogP contribution is 2.18. The van der Waals surface area contributed by atoms with Crippen LogP contribution in [0.15, 0.2) is 122 Å². The highest BCUT2D eigenvalue weighted by Gasteiger charge is 2.25. The lowest BCUT2D eigenvalue weighted by Gasteiger charge is -2.25. The molecule has 0 aromatic rings. The maximum Gasteiger partial charge on any atom is 0.361 e. The number of carbonyl (C=O) groups excluding carboxylic acids is 2. The minimum absolute atomic E-state index is 0.183. The number of rotatable bonds is 71. The Morgan fingerprint density at radius 1 is 0.333 bits per heavy atom. The number of unbranched alkanes of at least 4 members (excludes halogenated alkanes) is 36. The SMILES string of the molecule is CC/C=C\C/C=C\C/C=C\C/C=C\C/C=C\C/C=C\C/C=C\C/C=C\CCCCCCCCCCCCC(=O)OC(COC(=O)CCCCCCCCCCCCCCCCCCCCCCC/C=C\C/C=C\CCCCCCC)COC(OCC[N+](C)(C)C)C(=O)O. The van der Waals surface area contributed by atoms with Crippen LogP contribution < -0.4 is 0 Å². The van der Waals surface area contributed by atoms with Crippen LogP contribution in [0.5, 0.6) is 0 Å². The van der Waals surface area contributed by atoms with Crippen molar-refractivity contribution >= 4 is 17.9 Å². The number of nitrogens with zero attached hydrogens (tertiary/aromatic N) is 1. The number of likely N-dealkylation sites (N-methyl/N-ethyl adjacent to an activating group) is 1. The molecule has 0 amide bonds. The highest BCUT2D eigenvalue weighted by molar-refractivity contribution is 5.71. The van der Waals surface area contributed by atoms with Crippen LogP contribution in [-0.2, 0) is 33.3 Å². The first kappa shape index (κ1) is 88.7. The molecule has 534 valence electrons. The van der Waals surface area contributed by atoms with Gasteiger partial charge in [0.1, 0.15) is 13.2 Å². The molecule has 9 heteroatoms. The summed E-state index contributed by atoms with van der Waals surface area (Å²) in [4.78, 5) is 37.7. The van der Waals surface area contributed by atoms with Gasteiger partial charge in [-0.2, -0.15) is 0 Å². The first-order valence-corrected chi connectivity index (χ1v) is 38.7. The van der Waals surface area contributed by atoms with E-state index in [0.717, 1.165) is 103 Å². The molecular formula is C84H146NO8+. The van der Waals surface area contributed by atoms with Gasteiger partial charge in [-0.15, -0.1) is 0 Å². The van der Waals surface area contributed by atoms with E-state index in [1.54, 1.807) is 0 Å². The Morgan fingerprint density at radius 3 is 0.914 bits per heavy atom. The van der Waals surface area contributed by atoms with Crippen LogP contribution >= 0.6 is 0 Å². The topological polar surface area (TPSA) is 108 Å². The molecule has 0 saturated carbocycles. The van der Waals surface area contributed by atoms with Gasteiger partial charge in [0.2, 0.25) is 0 Å². The van der Waals surface area contributed by atoms with E-state index >= 15 is 0 Å². The van der Waals surface area contributed by atoms with Crippen molar-refractivity contribution in [1.82, 2.24) is 0 Å². The van der Waals surface area contributed by atoms with Crippen LogP contribution in [0.1, 0.15) is 335 Å². The van der Waals surface area contributed by atoms with Gasteiger partial charge < -0.3 is 28.5 Å². The van der Waals surface area contributed by atoms with Gasteiger partial charge in [-0.3, -0.25) is 9.59 Å². The Labute approximate surface area is 574 Å². The molecule has 0 heterocycles. The third-order valence-electron chi connectivity index (χ3n) is 16.7. The maximum absolute atomic E-state index is 13.0. The van der Waals surface area contributed by atoms with Gasteiger partial charge in [-0.05, 0) is 109 Å². The van der Waals surface area contributed by atoms with Crippen LogP contribution in [0, 0.1) is 0 Å². The second-order valence-corrected chi connectivity index (χ2v) is 26.9. The monoisotopic (exact) mass is 1300 g/mol. The fraction of sp³-hybridized carbons (Fsp3) is 0.726. The molecule has 2 atom stereocenters. The number of ether oxygens (including phenoxy) is 4. The number of esters is 2. The zero-order chi connectivity index (χ0) is 67.5. The number of carboxylic acid groups (broad SMARTS) is 1. The van der Waals surface area contributed by atoms with Gasteiger partial charge in [0.25, 0.3) is 6.29 Å². The smallest absolute Gasteiger partial charge is 0.361 e. The molecule has 0 spiro atoms. The van der Waals surface area contributed by atoms with Crippen LogP contribution in [0.2, 0.25) is 0 Å². The summed E-state index contributed by atoms with van der Waals surface area (Å²) < 4.78 is 23.0. The predicted octanol–water partition coefficient (Wildman–Crippen LogP) is 24.7. The van der Waals surface area contributed by atoms with Gasteiger partial charge in [0, 0.05) is 12.8 Å². The first-order valence-electron chi connectivity index (χ1n) is 38.7. The molecule has 0 rings (SSSR count). The van der Waals surface area contributed by atoms with E-state index in [9.17, 15) is 19.5 Å². The number of aliphatic carboxylic acids is 1. The van der Waals surface area contributed by atoms with Crippen molar-refractivity contribution in [3.05, 3.63) is 122 Å². The molecule has 93 heavy (non-hydrogen) atoms. The Balaban J connectivity index is 4.08. The second kappa shape index (κ2) is 73.5. The summed E-state index contributed by atoms with van der Waals surface area (Å²) in [6.07, 6.45) is 102. The molecule has 0 aromatic heterocycles. The molecule has 2 unspecified atom stereocenters. The fourth-order valence-corrected chi connectivity index (χ4v) is 10.8. The Hall–Kier alpha value is -4.31. The standard InChI is InChI=1S/C84H145NO8/c1-6-8-10-12-14-16-18-20-22-24-26-28-30-32-34-36-38-40-41-43-45-47-49-51-53-55-57-59-61-63-65-67-69-71-73-75-82(87)93-80(79-92-84(83(88)89)90-77-76-85(3,4)5)78-91-81(86)74-72-70-68-66-64-62-60-58-56-54-52-50-48-46-44-42-39-37-35-33-31-29-27-25-23-21-19-17-15-13-11-9-7-2/h8,10,14,16,19-22,25-28,32,34,38,40,43,45,49,51,80,84H,6-7,9,11-13,15,17-18,23-24,29-31,33,35-37,39,41-42,44,46-48,50,52-79H2,1-5H3/p+1/b10-8-,16-14-,21-19-,22-20-,27-25-,28-26-,34-32-,40-38-,45-43-,51-49-. The van der Waals surface area contributed by atoms with E-state index in [2.05, 4.69) is 135 Å². The molecular weight excluding hydrogens is 1150 g/mol. The Morgan fingerprint density at radius 2 is 0.613 bits per heavy atom. The summed E-state index contributed by atoms with van der Waals surface area (Å²) in [5.74, 6) is -2.00. The predicted molar refractivity (Wildman–Crippen MR) is 401 cm³/mol. The minimum Gasteiger partial charge on any atom is -0.477 e. The molecule has 0 aliphatic carbocycles. The van der Waals surface area contributed by atoms with Crippen LogP contribution in [-0.4, -0.2) is 87.4 Å². The Bertz CT molecular complexity index is 1950. The van der Waals surface area contributed by atoms with Crippen molar-refractivity contribution in [2.75, 3.05) is 47.5 Å². The average Bonchev–Trinajstić information content (AvgIpc) is 3.74. The van der Waals surface area contributed by atoms with Gasteiger partial charge in [-0.25, -0.2) is 4.79 Å². The summed E-state index contributed by atoms with van der Waals surface area (Å²) in [6.45, 7) is 4.78. The van der Waals surface area contributed by atoms with E-state index in [-0.39, 0.29) is 32.2 Å². The van der Waals surface area contributed by atoms with Gasteiger partial charge in [0.05, 0.1) is 34.4 Å². The van der Waals surface area contributed by atoms with Gasteiger partial charge in [0.15, 0.2) is 6.10 Å². The van der Waals surface area contributed by atoms with Crippen LogP contribution in [0.3, 0.4) is 0 Å². The first-order chi connectivity index (χ1) is 45.6. The van der Waals surface area contributed by atoms with Crippen LogP contribution in [0.4, 0.5) is 0 Å². The lowest BCUT2D eigenvalue weighted by Crippen LogP contribution is -2.40. The molecule has 0 bridgehead atoms. The minimum atomic E-state index is -1.52. The van der Waals surface area contributed by atoms with Crippen LogP contribution in [0.25, 0.3) is 0 Å². The summed E-state index contributed by atoms with van der Waals surface area (Å²) >= 11 is 0. The third kappa shape index (κ3) is 74.9. The molecule has 0 radical (unpaired) electrons. The number of carboxylic acids is 1. The van der Waals surface area contributed by atoms with E-state index in [1.807, 2.05) is 21.1 Å². The van der Waals surface area contributed by atoms with Crippen molar-refractivity contribution < 1.29 is 42.9 Å². The van der Waals surface area contributed by atoms with Crippen molar-refractivity contribution in [3.63, 3.8) is 0 Å². The van der Waals surface area contributed by atoms with E-state index < -0.39 is 24.3 Å². The quantitative estimate of drug-likeness (QED) is 0.0211. The van der Waals surface area contributed by atoms with E-state index in [4.69, 9.17) is 18.9 Å². The Kier molecular flexibility index (Phi) is 70.1. The number of hydrogen-bond acceptors (Lipinski definition) is 7. The molecule has 0 saturated heterocycles. The second-order valence-electron chi connectivity index (χ2n) is 26.9. The van der Waals surface area contributed by atoms with Crippen molar-refractivity contribution in [2.45, 2.75) is 347 Å². The molecule has 0 aromatic carbocycles. The average molecular weight is 1300 g/mol. The summed E-state index contributed by atoms with van der Waals surface area (Å²) in [6, 6.07) is 0.